The van der Waals surface area contributed by atoms with Gasteiger partial charge in [-0.05, 0) is 51.1 Å². The minimum Gasteiger partial charge on any atom is -0.310 e. The van der Waals surface area contributed by atoms with Gasteiger partial charge in [0.15, 0.2) is 0 Å². The van der Waals surface area contributed by atoms with E-state index in [1.165, 1.54) is 83.8 Å². The van der Waals surface area contributed by atoms with Crippen molar-refractivity contribution >= 4 is 0 Å². The molecule has 1 heterocycles. The van der Waals surface area contributed by atoms with Crippen molar-refractivity contribution < 1.29 is 0 Å². The summed E-state index contributed by atoms with van der Waals surface area (Å²) in [7, 11) is 0. The number of hydrogen-bond donors (Lipinski definition) is 1. The Labute approximate surface area is 119 Å². The first-order valence-electron chi connectivity index (χ1n) is 8.78. The molecule has 1 aliphatic heterocycles. The Balaban J connectivity index is 1.69. The second-order valence-electron chi connectivity index (χ2n) is 7.42. The van der Waals surface area contributed by atoms with E-state index >= 15 is 0 Å². The van der Waals surface area contributed by atoms with Crippen molar-refractivity contribution in [2.75, 3.05) is 19.6 Å². The van der Waals surface area contributed by atoms with Crippen LogP contribution >= 0.6 is 0 Å². The number of hydrogen-bond acceptors (Lipinski definition) is 2. The van der Waals surface area contributed by atoms with Crippen molar-refractivity contribution in [2.24, 2.45) is 5.92 Å². The van der Waals surface area contributed by atoms with Crippen LogP contribution in [0.15, 0.2) is 0 Å². The largest absolute Gasteiger partial charge is 0.310 e. The summed E-state index contributed by atoms with van der Waals surface area (Å²) in [5.41, 5.74) is 0.478. The third kappa shape index (κ3) is 3.16. The Bertz CT molecular complexity index is 283. The highest BCUT2D eigenvalue weighted by molar-refractivity contribution is 4.97. The van der Waals surface area contributed by atoms with Gasteiger partial charge in [0.05, 0.1) is 0 Å². The van der Waals surface area contributed by atoms with Gasteiger partial charge in [-0.3, -0.25) is 4.90 Å². The summed E-state index contributed by atoms with van der Waals surface area (Å²) in [5, 5.41) is 3.94. The molecule has 2 atom stereocenters. The maximum absolute atomic E-state index is 3.94. The lowest BCUT2D eigenvalue weighted by atomic mass is 9.79. The second kappa shape index (κ2) is 6.13. The van der Waals surface area contributed by atoms with Crippen LogP contribution in [0, 0.1) is 5.92 Å². The monoisotopic (exact) mass is 264 g/mol. The molecule has 3 rings (SSSR count). The minimum absolute atomic E-state index is 0.478. The van der Waals surface area contributed by atoms with Crippen LogP contribution < -0.4 is 5.32 Å². The van der Waals surface area contributed by atoms with E-state index in [0.717, 1.165) is 12.0 Å². The van der Waals surface area contributed by atoms with E-state index < -0.39 is 0 Å². The predicted molar refractivity (Wildman–Crippen MR) is 81.4 cm³/mol. The predicted octanol–water partition coefficient (Wildman–Crippen LogP) is 3.56. The van der Waals surface area contributed by atoms with Crippen LogP contribution in [-0.2, 0) is 0 Å². The number of rotatable bonds is 1. The van der Waals surface area contributed by atoms with Gasteiger partial charge in [0.25, 0.3) is 0 Å². The van der Waals surface area contributed by atoms with E-state index in [4.69, 9.17) is 0 Å². The molecule has 1 N–H and O–H groups in total. The summed E-state index contributed by atoms with van der Waals surface area (Å²) in [4.78, 5) is 2.88. The standard InChI is InChI=1S/C17H32N2/c1-15-8-3-4-9-16(15)19-13-7-12-18-17(14-19)10-5-2-6-11-17/h15-16,18H,2-14H2,1H3. The fraction of sp³-hybridized carbons (Fsp3) is 1.00. The van der Waals surface area contributed by atoms with Gasteiger partial charge in [-0.2, -0.15) is 0 Å². The first-order chi connectivity index (χ1) is 9.29. The Morgan fingerprint density at radius 3 is 2.53 bits per heavy atom. The van der Waals surface area contributed by atoms with Crippen molar-refractivity contribution in [3.63, 3.8) is 0 Å². The molecule has 2 aliphatic carbocycles. The van der Waals surface area contributed by atoms with E-state index in [0.29, 0.717) is 5.54 Å². The molecule has 0 aromatic heterocycles. The van der Waals surface area contributed by atoms with Crippen LogP contribution in [0.4, 0.5) is 0 Å². The Kier molecular flexibility index (Phi) is 4.48. The van der Waals surface area contributed by atoms with Gasteiger partial charge in [-0.1, -0.05) is 39.0 Å². The topological polar surface area (TPSA) is 15.3 Å². The van der Waals surface area contributed by atoms with Crippen molar-refractivity contribution in [3.8, 4) is 0 Å². The van der Waals surface area contributed by atoms with E-state index in [9.17, 15) is 0 Å². The molecule has 2 saturated carbocycles. The van der Waals surface area contributed by atoms with Crippen molar-refractivity contribution in [3.05, 3.63) is 0 Å². The lowest BCUT2D eigenvalue weighted by molar-refractivity contribution is 0.0776. The number of nitrogens with one attached hydrogen (secondary N) is 1. The Morgan fingerprint density at radius 1 is 0.947 bits per heavy atom. The van der Waals surface area contributed by atoms with Crippen LogP contribution in [0.3, 0.4) is 0 Å². The van der Waals surface area contributed by atoms with Crippen LogP contribution in [0.2, 0.25) is 0 Å². The van der Waals surface area contributed by atoms with E-state index in [-0.39, 0.29) is 0 Å². The molecule has 3 aliphatic rings. The maximum atomic E-state index is 3.94. The summed E-state index contributed by atoms with van der Waals surface area (Å²) < 4.78 is 0. The van der Waals surface area contributed by atoms with E-state index in [1.807, 2.05) is 0 Å². The minimum atomic E-state index is 0.478. The SMILES string of the molecule is CC1CCCCC1N1CCCNC2(CCCCC2)C1. The molecular weight excluding hydrogens is 232 g/mol. The van der Waals surface area contributed by atoms with Gasteiger partial charge >= 0.3 is 0 Å². The normalized spacial score (nSPS) is 37.1. The summed E-state index contributed by atoms with van der Waals surface area (Å²) in [5.74, 6) is 0.924. The zero-order valence-corrected chi connectivity index (χ0v) is 12.8. The van der Waals surface area contributed by atoms with E-state index in [1.54, 1.807) is 0 Å². The van der Waals surface area contributed by atoms with Crippen LogP contribution in [-0.4, -0.2) is 36.1 Å². The maximum Gasteiger partial charge on any atom is 0.0308 e. The third-order valence-electron chi connectivity index (χ3n) is 5.97. The van der Waals surface area contributed by atoms with Crippen LogP contribution in [0.1, 0.15) is 71.1 Å². The van der Waals surface area contributed by atoms with Gasteiger partial charge in [0.2, 0.25) is 0 Å². The summed E-state index contributed by atoms with van der Waals surface area (Å²) in [6.45, 7) is 6.42. The quantitative estimate of drug-likeness (QED) is 0.779. The highest BCUT2D eigenvalue weighted by Gasteiger charge is 2.38. The summed E-state index contributed by atoms with van der Waals surface area (Å²) >= 11 is 0. The van der Waals surface area contributed by atoms with Gasteiger partial charge < -0.3 is 5.32 Å². The highest BCUT2D eigenvalue weighted by atomic mass is 15.2. The number of nitrogens with zero attached hydrogens (tertiary/aromatic N) is 1. The zero-order chi connectivity index (χ0) is 13.1. The van der Waals surface area contributed by atoms with Crippen LogP contribution in [0.25, 0.3) is 0 Å². The van der Waals surface area contributed by atoms with Gasteiger partial charge in [0.1, 0.15) is 0 Å². The van der Waals surface area contributed by atoms with Crippen molar-refractivity contribution in [1.82, 2.24) is 10.2 Å². The molecule has 2 nitrogen and oxygen atoms in total. The van der Waals surface area contributed by atoms with Gasteiger partial charge in [0, 0.05) is 18.1 Å². The molecule has 0 bridgehead atoms. The van der Waals surface area contributed by atoms with Crippen molar-refractivity contribution in [1.29, 1.82) is 0 Å². The molecule has 3 fully saturated rings. The Hall–Kier alpha value is -0.0800. The zero-order valence-electron chi connectivity index (χ0n) is 12.8. The van der Waals surface area contributed by atoms with Gasteiger partial charge in [-0.25, -0.2) is 0 Å². The fourth-order valence-electron chi connectivity index (χ4n) is 4.85. The molecule has 1 spiro atoms. The lowest BCUT2D eigenvalue weighted by Crippen LogP contribution is -2.55. The average molecular weight is 264 g/mol. The fourth-order valence-corrected chi connectivity index (χ4v) is 4.85. The summed E-state index contributed by atoms with van der Waals surface area (Å²) in [6.07, 6.45) is 14.4. The van der Waals surface area contributed by atoms with Crippen LogP contribution in [0.5, 0.6) is 0 Å². The smallest absolute Gasteiger partial charge is 0.0308 e. The van der Waals surface area contributed by atoms with Crippen molar-refractivity contribution in [2.45, 2.75) is 82.7 Å². The molecule has 2 heteroatoms. The third-order valence-corrected chi connectivity index (χ3v) is 5.97. The second-order valence-corrected chi connectivity index (χ2v) is 7.42. The van der Waals surface area contributed by atoms with Gasteiger partial charge in [-0.15, -0.1) is 0 Å². The molecule has 110 valence electrons. The molecule has 0 aromatic rings. The Morgan fingerprint density at radius 2 is 1.74 bits per heavy atom. The molecule has 1 saturated heterocycles. The summed E-state index contributed by atoms with van der Waals surface area (Å²) in [6, 6.07) is 0.882. The first kappa shape index (κ1) is 13.9. The average Bonchev–Trinajstić information content (AvgIpc) is 2.63. The molecular formula is C17H32N2. The molecule has 0 aromatic carbocycles. The molecule has 19 heavy (non-hydrogen) atoms. The first-order valence-corrected chi connectivity index (χ1v) is 8.78. The highest BCUT2D eigenvalue weighted by Crippen LogP contribution is 2.34. The molecule has 0 radical (unpaired) electrons. The lowest BCUT2D eigenvalue weighted by Gasteiger charge is -2.44. The molecule has 2 unspecified atom stereocenters. The van der Waals surface area contributed by atoms with E-state index in [2.05, 4.69) is 17.1 Å². The molecule has 0 amide bonds.